The van der Waals surface area contributed by atoms with Crippen LogP contribution in [0.4, 0.5) is 5.69 Å². The lowest BCUT2D eigenvalue weighted by Crippen LogP contribution is -2.48. The van der Waals surface area contributed by atoms with E-state index in [-0.39, 0.29) is 5.92 Å². The van der Waals surface area contributed by atoms with Crippen LogP contribution in [-0.2, 0) is 10.0 Å². The van der Waals surface area contributed by atoms with E-state index in [2.05, 4.69) is 37.8 Å². The first kappa shape index (κ1) is 22.6. The monoisotopic (exact) mass is 430 g/mol. The molecular formula is C24H34N2O3S. The zero-order valence-electron chi connectivity index (χ0n) is 18.4. The average molecular weight is 431 g/mol. The number of para-hydroxylation sites is 1. The number of benzene rings is 2. The van der Waals surface area contributed by atoms with Crippen LogP contribution >= 0.6 is 0 Å². The third-order valence-corrected chi connectivity index (χ3v) is 7.50. The fraction of sp³-hybridized carbons (Fsp3) is 0.500. The Morgan fingerprint density at radius 3 is 2.30 bits per heavy atom. The minimum atomic E-state index is -3.52. The Labute approximate surface area is 181 Å². The Morgan fingerprint density at radius 2 is 1.67 bits per heavy atom. The number of anilines is 1. The van der Waals surface area contributed by atoms with Crippen LogP contribution in [0.5, 0.6) is 5.75 Å². The van der Waals surface area contributed by atoms with E-state index < -0.39 is 10.0 Å². The molecular weight excluding hydrogens is 396 g/mol. The maximum absolute atomic E-state index is 13.3. The van der Waals surface area contributed by atoms with E-state index >= 15 is 0 Å². The highest BCUT2D eigenvalue weighted by Gasteiger charge is 2.29. The number of ether oxygens (including phenoxy) is 1. The Balaban J connectivity index is 1.72. The lowest BCUT2D eigenvalue weighted by Gasteiger charge is -2.35. The largest absolute Gasteiger partial charge is 0.493 e. The second-order valence-electron chi connectivity index (χ2n) is 8.14. The summed E-state index contributed by atoms with van der Waals surface area (Å²) < 4.78 is 34.1. The Kier molecular flexibility index (Phi) is 7.78. The van der Waals surface area contributed by atoms with Crippen molar-refractivity contribution in [1.82, 2.24) is 4.31 Å². The first-order chi connectivity index (χ1) is 14.4. The van der Waals surface area contributed by atoms with E-state index in [1.807, 2.05) is 24.3 Å². The Morgan fingerprint density at radius 1 is 0.967 bits per heavy atom. The molecule has 0 unspecified atom stereocenters. The second kappa shape index (κ2) is 10.3. The molecule has 3 rings (SSSR count). The van der Waals surface area contributed by atoms with Gasteiger partial charge >= 0.3 is 0 Å². The molecule has 2 aromatic carbocycles. The summed E-state index contributed by atoms with van der Waals surface area (Å²) in [5.74, 6) is 0.991. The van der Waals surface area contributed by atoms with Crippen molar-refractivity contribution in [2.45, 2.75) is 50.8 Å². The normalized spacial score (nSPS) is 15.5. The molecule has 164 valence electrons. The summed E-state index contributed by atoms with van der Waals surface area (Å²) in [6, 6.07) is 15.5. The van der Waals surface area contributed by atoms with Gasteiger partial charge in [0.05, 0.1) is 11.5 Å². The molecule has 0 aliphatic carbocycles. The molecule has 0 N–H and O–H groups in total. The van der Waals surface area contributed by atoms with Crippen LogP contribution < -0.4 is 9.64 Å². The van der Waals surface area contributed by atoms with Crippen molar-refractivity contribution in [3.63, 3.8) is 0 Å². The van der Waals surface area contributed by atoms with Crippen molar-refractivity contribution >= 4 is 15.7 Å². The number of piperazine rings is 1. The molecule has 0 bridgehead atoms. The van der Waals surface area contributed by atoms with Gasteiger partial charge in [-0.1, -0.05) is 51.8 Å². The van der Waals surface area contributed by atoms with Gasteiger partial charge < -0.3 is 9.64 Å². The van der Waals surface area contributed by atoms with E-state index in [4.69, 9.17) is 4.74 Å². The maximum atomic E-state index is 13.3. The van der Waals surface area contributed by atoms with Gasteiger partial charge in [0, 0.05) is 31.9 Å². The molecule has 1 saturated heterocycles. The molecule has 1 heterocycles. The van der Waals surface area contributed by atoms with Gasteiger partial charge in [0.2, 0.25) is 10.0 Å². The second-order valence-corrected chi connectivity index (χ2v) is 10.1. The predicted molar refractivity (Wildman–Crippen MR) is 123 cm³/mol. The van der Waals surface area contributed by atoms with Crippen LogP contribution in [0.25, 0.3) is 0 Å². The van der Waals surface area contributed by atoms with Crippen LogP contribution in [0, 0.1) is 0 Å². The fourth-order valence-corrected chi connectivity index (χ4v) is 5.24. The molecule has 0 radical (unpaired) electrons. The van der Waals surface area contributed by atoms with Crippen molar-refractivity contribution in [3.8, 4) is 5.75 Å². The molecule has 0 amide bonds. The molecule has 0 aromatic heterocycles. The highest BCUT2D eigenvalue weighted by Crippen LogP contribution is 2.31. The Hall–Kier alpha value is -2.05. The van der Waals surface area contributed by atoms with Crippen molar-refractivity contribution < 1.29 is 13.2 Å². The molecule has 1 aliphatic heterocycles. The minimum Gasteiger partial charge on any atom is -0.493 e. The highest BCUT2D eigenvalue weighted by atomic mass is 32.2. The van der Waals surface area contributed by atoms with Crippen LogP contribution in [0.2, 0.25) is 0 Å². The van der Waals surface area contributed by atoms with Gasteiger partial charge in [0.1, 0.15) is 5.75 Å². The highest BCUT2D eigenvalue weighted by molar-refractivity contribution is 7.89. The molecule has 1 fully saturated rings. The molecule has 2 aromatic rings. The van der Waals surface area contributed by atoms with Crippen LogP contribution in [0.3, 0.4) is 0 Å². The molecule has 5 nitrogen and oxygen atoms in total. The summed E-state index contributed by atoms with van der Waals surface area (Å²) in [6.45, 7) is 9.34. The standard InChI is InChI=1S/C24H34N2O3S/c1-4-5-9-18-29-24-13-12-22(19-23(24)20(2)3)30(27,28)26-16-14-25(15-17-26)21-10-7-6-8-11-21/h6-8,10-13,19-20H,4-5,9,14-18H2,1-3H3. The number of rotatable bonds is 9. The molecule has 0 saturated carbocycles. The summed E-state index contributed by atoms with van der Waals surface area (Å²) >= 11 is 0. The molecule has 1 aliphatic rings. The van der Waals surface area contributed by atoms with Crippen molar-refractivity contribution in [2.75, 3.05) is 37.7 Å². The molecule has 0 spiro atoms. The van der Waals surface area contributed by atoms with Crippen LogP contribution in [-0.4, -0.2) is 45.5 Å². The van der Waals surface area contributed by atoms with Crippen molar-refractivity contribution in [2.24, 2.45) is 0 Å². The van der Waals surface area contributed by atoms with Gasteiger partial charge in [-0.2, -0.15) is 4.31 Å². The summed E-state index contributed by atoms with van der Waals surface area (Å²) in [6.07, 6.45) is 3.30. The summed E-state index contributed by atoms with van der Waals surface area (Å²) in [5.41, 5.74) is 2.09. The van der Waals surface area contributed by atoms with Gasteiger partial charge in [-0.15, -0.1) is 0 Å². The number of sulfonamides is 1. The fourth-order valence-electron chi connectivity index (χ4n) is 3.78. The number of hydrogen-bond acceptors (Lipinski definition) is 4. The zero-order chi connectivity index (χ0) is 21.6. The number of unbranched alkanes of at least 4 members (excludes halogenated alkanes) is 2. The predicted octanol–water partition coefficient (Wildman–Crippen LogP) is 4.89. The molecule has 0 atom stereocenters. The topological polar surface area (TPSA) is 49.9 Å². The van der Waals surface area contributed by atoms with E-state index in [0.717, 1.165) is 36.3 Å². The van der Waals surface area contributed by atoms with E-state index in [9.17, 15) is 8.42 Å². The van der Waals surface area contributed by atoms with Gasteiger partial charge in [0.25, 0.3) is 0 Å². The lowest BCUT2D eigenvalue weighted by molar-refractivity contribution is 0.302. The van der Waals surface area contributed by atoms with Crippen molar-refractivity contribution in [1.29, 1.82) is 0 Å². The smallest absolute Gasteiger partial charge is 0.243 e. The summed E-state index contributed by atoms with van der Waals surface area (Å²) in [7, 11) is -3.52. The van der Waals surface area contributed by atoms with Crippen LogP contribution in [0.15, 0.2) is 53.4 Å². The summed E-state index contributed by atoms with van der Waals surface area (Å²) in [5, 5.41) is 0. The quantitative estimate of drug-likeness (QED) is 0.532. The number of hydrogen-bond donors (Lipinski definition) is 0. The minimum absolute atomic E-state index is 0.191. The molecule has 30 heavy (non-hydrogen) atoms. The van der Waals surface area contributed by atoms with Crippen LogP contribution in [0.1, 0.15) is 51.5 Å². The summed E-state index contributed by atoms with van der Waals surface area (Å²) in [4.78, 5) is 2.60. The maximum Gasteiger partial charge on any atom is 0.243 e. The van der Waals surface area contributed by atoms with Crippen molar-refractivity contribution in [3.05, 3.63) is 54.1 Å². The molecule has 6 heteroatoms. The average Bonchev–Trinajstić information content (AvgIpc) is 2.77. The first-order valence-electron chi connectivity index (χ1n) is 11.0. The first-order valence-corrected chi connectivity index (χ1v) is 12.4. The third-order valence-electron chi connectivity index (χ3n) is 5.61. The van der Waals surface area contributed by atoms with E-state index in [0.29, 0.717) is 37.7 Å². The van der Waals surface area contributed by atoms with Gasteiger partial charge in [-0.05, 0) is 48.2 Å². The Bertz CT molecular complexity index is 905. The zero-order valence-corrected chi connectivity index (χ0v) is 19.2. The van der Waals surface area contributed by atoms with E-state index in [1.165, 1.54) is 0 Å². The SMILES string of the molecule is CCCCCOc1ccc(S(=O)(=O)N2CCN(c3ccccc3)CC2)cc1C(C)C. The van der Waals surface area contributed by atoms with Gasteiger partial charge in [0.15, 0.2) is 0 Å². The van der Waals surface area contributed by atoms with Gasteiger partial charge in [-0.3, -0.25) is 0 Å². The third kappa shape index (κ3) is 5.35. The lowest BCUT2D eigenvalue weighted by atomic mass is 10.0. The van der Waals surface area contributed by atoms with Gasteiger partial charge in [-0.25, -0.2) is 8.42 Å². The van der Waals surface area contributed by atoms with E-state index in [1.54, 1.807) is 16.4 Å². The number of nitrogens with zero attached hydrogens (tertiary/aromatic N) is 2.